The zero-order chi connectivity index (χ0) is 12.7. The third-order valence-electron chi connectivity index (χ3n) is 3.12. The Hall–Kier alpha value is -0.610. The van der Waals surface area contributed by atoms with Crippen LogP contribution in [0, 0.1) is 0 Å². The largest absolute Gasteiger partial charge is 0.468 e. The first-order valence-electron chi connectivity index (χ1n) is 6.56. The quantitative estimate of drug-likeness (QED) is 0.496. The Morgan fingerprint density at radius 3 is 2.65 bits per heavy atom. The third kappa shape index (κ3) is 5.04. The van der Waals surface area contributed by atoms with Crippen molar-refractivity contribution < 1.29 is 14.3 Å². The first-order chi connectivity index (χ1) is 8.12. The zero-order valence-electron chi connectivity index (χ0n) is 11.3. The summed E-state index contributed by atoms with van der Waals surface area (Å²) in [5, 5.41) is 3.35. The Labute approximate surface area is 104 Å². The molecule has 0 radical (unpaired) electrons. The molecular weight excluding hydrogens is 218 g/mol. The van der Waals surface area contributed by atoms with Crippen molar-refractivity contribution in [3.8, 4) is 0 Å². The van der Waals surface area contributed by atoms with Gasteiger partial charge < -0.3 is 9.47 Å². The van der Waals surface area contributed by atoms with Crippen molar-refractivity contribution in [2.45, 2.75) is 57.5 Å². The summed E-state index contributed by atoms with van der Waals surface area (Å²) in [5.74, 6) is -0.191. The van der Waals surface area contributed by atoms with E-state index in [1.807, 2.05) is 6.92 Å². The minimum Gasteiger partial charge on any atom is -0.468 e. The maximum absolute atomic E-state index is 11.8. The number of methoxy groups -OCH3 is 1. The van der Waals surface area contributed by atoms with Crippen LogP contribution in [0.2, 0.25) is 0 Å². The van der Waals surface area contributed by atoms with Crippen molar-refractivity contribution in [1.82, 2.24) is 5.32 Å². The molecular formula is C13H25NO3. The average Bonchev–Trinajstić information content (AvgIpc) is 3.11. The number of ether oxygens (including phenoxy) is 2. The smallest absolute Gasteiger partial charge is 0.325 e. The van der Waals surface area contributed by atoms with E-state index in [-0.39, 0.29) is 5.97 Å². The van der Waals surface area contributed by atoms with E-state index >= 15 is 0 Å². The van der Waals surface area contributed by atoms with Gasteiger partial charge >= 0.3 is 5.97 Å². The summed E-state index contributed by atoms with van der Waals surface area (Å²) >= 11 is 0. The van der Waals surface area contributed by atoms with Crippen molar-refractivity contribution in [2.24, 2.45) is 0 Å². The molecule has 0 aliphatic heterocycles. The Kier molecular flexibility index (Phi) is 5.92. The molecule has 0 aromatic carbocycles. The summed E-state index contributed by atoms with van der Waals surface area (Å²) in [5.41, 5.74) is -0.595. The van der Waals surface area contributed by atoms with Gasteiger partial charge in [0.25, 0.3) is 0 Å². The van der Waals surface area contributed by atoms with Crippen LogP contribution in [0.25, 0.3) is 0 Å². The van der Waals surface area contributed by atoms with E-state index in [1.165, 1.54) is 7.11 Å². The van der Waals surface area contributed by atoms with E-state index in [0.717, 1.165) is 32.3 Å². The highest BCUT2D eigenvalue weighted by atomic mass is 16.5. The predicted molar refractivity (Wildman–Crippen MR) is 66.9 cm³/mol. The number of carbonyl (C=O) groups is 1. The van der Waals surface area contributed by atoms with Gasteiger partial charge in [0.1, 0.15) is 5.54 Å². The number of carbonyl (C=O) groups excluding carboxylic acids is 1. The van der Waals surface area contributed by atoms with Crippen LogP contribution in [0.15, 0.2) is 0 Å². The lowest BCUT2D eigenvalue weighted by atomic mass is 9.98. The number of rotatable bonds is 9. The molecule has 1 saturated carbocycles. The lowest BCUT2D eigenvalue weighted by Crippen LogP contribution is -2.52. The summed E-state index contributed by atoms with van der Waals surface area (Å²) in [4.78, 5) is 11.8. The molecule has 1 atom stereocenters. The van der Waals surface area contributed by atoms with Gasteiger partial charge in [-0.05, 0) is 32.6 Å². The van der Waals surface area contributed by atoms with Crippen LogP contribution in [0.1, 0.15) is 46.0 Å². The van der Waals surface area contributed by atoms with Crippen molar-refractivity contribution >= 4 is 5.97 Å². The Morgan fingerprint density at radius 1 is 1.41 bits per heavy atom. The Bertz CT molecular complexity index is 241. The summed E-state index contributed by atoms with van der Waals surface area (Å²) in [6, 6.07) is 0.481. The second-order valence-electron chi connectivity index (χ2n) is 4.96. The minimum absolute atomic E-state index is 0.191. The van der Waals surface area contributed by atoms with Gasteiger partial charge in [0.2, 0.25) is 0 Å². The van der Waals surface area contributed by atoms with E-state index in [4.69, 9.17) is 9.47 Å². The van der Waals surface area contributed by atoms with Crippen LogP contribution >= 0.6 is 0 Å². The summed E-state index contributed by atoms with van der Waals surface area (Å²) in [6.07, 6.45) is 5.19. The lowest BCUT2D eigenvalue weighted by molar-refractivity contribution is -0.149. The predicted octanol–water partition coefficient (Wildman–Crippen LogP) is 1.88. The van der Waals surface area contributed by atoms with Crippen LogP contribution in [-0.4, -0.2) is 37.9 Å². The van der Waals surface area contributed by atoms with E-state index in [0.29, 0.717) is 19.1 Å². The molecule has 0 amide bonds. The molecule has 0 saturated heterocycles. The van der Waals surface area contributed by atoms with Gasteiger partial charge in [0, 0.05) is 19.3 Å². The highest BCUT2D eigenvalue weighted by Crippen LogP contribution is 2.24. The summed E-state index contributed by atoms with van der Waals surface area (Å²) < 4.78 is 10.4. The fraction of sp³-hybridized carbons (Fsp3) is 0.923. The highest BCUT2D eigenvalue weighted by Gasteiger charge is 2.38. The first-order valence-corrected chi connectivity index (χ1v) is 6.56. The van der Waals surface area contributed by atoms with Gasteiger partial charge in [-0.15, -0.1) is 0 Å². The molecule has 0 aromatic rings. The summed E-state index contributed by atoms with van der Waals surface area (Å²) in [6.45, 7) is 5.42. The Morgan fingerprint density at radius 2 is 2.12 bits per heavy atom. The average molecular weight is 243 g/mol. The van der Waals surface area contributed by atoms with Crippen molar-refractivity contribution in [1.29, 1.82) is 0 Å². The first kappa shape index (κ1) is 14.5. The third-order valence-corrected chi connectivity index (χ3v) is 3.12. The van der Waals surface area contributed by atoms with E-state index < -0.39 is 5.54 Å². The van der Waals surface area contributed by atoms with Gasteiger partial charge in [-0.3, -0.25) is 10.1 Å². The fourth-order valence-electron chi connectivity index (χ4n) is 1.76. The van der Waals surface area contributed by atoms with E-state index in [1.54, 1.807) is 0 Å². The van der Waals surface area contributed by atoms with Gasteiger partial charge in [-0.25, -0.2) is 0 Å². The topological polar surface area (TPSA) is 47.6 Å². The van der Waals surface area contributed by atoms with Crippen molar-refractivity contribution in [3.05, 3.63) is 0 Å². The molecule has 0 bridgehead atoms. The minimum atomic E-state index is -0.595. The van der Waals surface area contributed by atoms with Gasteiger partial charge in [-0.1, -0.05) is 13.3 Å². The maximum Gasteiger partial charge on any atom is 0.325 e. The van der Waals surface area contributed by atoms with Crippen LogP contribution in [0.3, 0.4) is 0 Å². The fourth-order valence-corrected chi connectivity index (χ4v) is 1.76. The molecule has 1 N–H and O–H groups in total. The molecule has 100 valence electrons. The zero-order valence-corrected chi connectivity index (χ0v) is 11.3. The molecule has 1 aliphatic rings. The number of esters is 1. The normalized spacial score (nSPS) is 18.8. The second kappa shape index (κ2) is 6.97. The van der Waals surface area contributed by atoms with E-state index in [2.05, 4.69) is 12.2 Å². The van der Waals surface area contributed by atoms with Crippen LogP contribution < -0.4 is 5.32 Å². The monoisotopic (exact) mass is 243 g/mol. The van der Waals surface area contributed by atoms with Gasteiger partial charge in [0.15, 0.2) is 0 Å². The van der Waals surface area contributed by atoms with Crippen LogP contribution in [0.5, 0.6) is 0 Å². The van der Waals surface area contributed by atoms with Crippen LogP contribution in [-0.2, 0) is 14.3 Å². The summed E-state index contributed by atoms with van der Waals surface area (Å²) in [7, 11) is 1.44. The molecule has 1 rings (SSSR count). The number of unbranched alkanes of at least 4 members (excludes halogenated alkanes) is 1. The maximum atomic E-state index is 11.8. The molecule has 1 fully saturated rings. The lowest BCUT2D eigenvalue weighted by Gasteiger charge is -2.28. The van der Waals surface area contributed by atoms with Crippen LogP contribution in [0.4, 0.5) is 0 Å². The number of hydrogen-bond donors (Lipinski definition) is 1. The SMILES string of the molecule is CCCCOCCC(C)(NC1CC1)C(=O)OC. The second-order valence-corrected chi connectivity index (χ2v) is 4.96. The molecule has 1 aliphatic carbocycles. The van der Waals surface area contributed by atoms with Crippen molar-refractivity contribution in [3.63, 3.8) is 0 Å². The highest BCUT2D eigenvalue weighted by molar-refractivity contribution is 5.80. The molecule has 1 unspecified atom stereocenters. The van der Waals surface area contributed by atoms with Gasteiger partial charge in [-0.2, -0.15) is 0 Å². The molecule has 0 heterocycles. The van der Waals surface area contributed by atoms with Crippen molar-refractivity contribution in [2.75, 3.05) is 20.3 Å². The molecule has 17 heavy (non-hydrogen) atoms. The van der Waals surface area contributed by atoms with E-state index in [9.17, 15) is 4.79 Å². The molecule has 4 heteroatoms. The number of nitrogens with one attached hydrogen (secondary N) is 1. The Balaban J connectivity index is 2.31. The molecule has 0 spiro atoms. The molecule has 4 nitrogen and oxygen atoms in total. The number of hydrogen-bond acceptors (Lipinski definition) is 4. The molecule has 0 aromatic heterocycles. The van der Waals surface area contributed by atoms with Gasteiger partial charge in [0.05, 0.1) is 7.11 Å². The standard InChI is InChI=1S/C13H25NO3/c1-4-5-9-17-10-8-13(2,12(15)16-3)14-11-6-7-11/h11,14H,4-10H2,1-3H3.